The monoisotopic (exact) mass is 328 g/mol. The average molecular weight is 329 g/mol. The lowest BCUT2D eigenvalue weighted by atomic mass is 9.26. The molecule has 0 aromatic heterocycles. The zero-order valence-corrected chi connectivity index (χ0v) is 16.4. The van der Waals surface area contributed by atoms with Gasteiger partial charge >= 0.3 is 0 Å². The van der Waals surface area contributed by atoms with Gasteiger partial charge in [0.1, 0.15) is 5.78 Å². The molecule has 7 fully saturated rings. The summed E-state index contributed by atoms with van der Waals surface area (Å²) in [6, 6.07) is 0. The Hall–Kier alpha value is -0.330. The van der Waals surface area contributed by atoms with Crippen LogP contribution in [0.3, 0.4) is 0 Å². The van der Waals surface area contributed by atoms with Crippen molar-refractivity contribution in [3.05, 3.63) is 0 Å². The van der Waals surface area contributed by atoms with Crippen LogP contribution in [0.25, 0.3) is 0 Å². The predicted molar refractivity (Wildman–Crippen MR) is 97.4 cm³/mol. The van der Waals surface area contributed by atoms with Gasteiger partial charge in [-0.3, -0.25) is 4.79 Å². The van der Waals surface area contributed by atoms with Crippen LogP contribution in [0.1, 0.15) is 79.6 Å². The Morgan fingerprint density at radius 2 is 1.42 bits per heavy atom. The number of hydrogen-bond acceptors (Lipinski definition) is 1. The van der Waals surface area contributed by atoms with E-state index in [1.807, 2.05) is 0 Å². The van der Waals surface area contributed by atoms with Gasteiger partial charge in [0.15, 0.2) is 0 Å². The molecule has 7 aliphatic rings. The zero-order chi connectivity index (χ0) is 17.1. The van der Waals surface area contributed by atoms with Crippen molar-refractivity contribution >= 4 is 5.78 Å². The summed E-state index contributed by atoms with van der Waals surface area (Å²) < 4.78 is 0. The molecule has 0 radical (unpaired) electrons. The minimum atomic E-state index is -0.163. The number of carbonyl (C=O) groups excluding carboxylic acids is 1. The maximum Gasteiger partial charge on any atom is 0.144 e. The maximum absolute atomic E-state index is 13.8. The molecule has 0 aromatic carbocycles. The molecule has 0 spiro atoms. The van der Waals surface area contributed by atoms with E-state index in [4.69, 9.17) is 0 Å². The molecule has 0 saturated heterocycles. The third-order valence-electron chi connectivity index (χ3n) is 10.3. The fourth-order valence-electron chi connectivity index (χ4n) is 9.36. The predicted octanol–water partition coefficient (Wildman–Crippen LogP) is 5.73. The summed E-state index contributed by atoms with van der Waals surface area (Å²) in [6.45, 7) is 11.3. The molecule has 24 heavy (non-hydrogen) atoms. The first-order valence-electron chi connectivity index (χ1n) is 10.8. The van der Waals surface area contributed by atoms with Crippen LogP contribution in [0.2, 0.25) is 0 Å². The van der Waals surface area contributed by atoms with Gasteiger partial charge in [0.25, 0.3) is 0 Å². The molecule has 134 valence electrons. The minimum absolute atomic E-state index is 0.134. The first kappa shape index (κ1) is 15.9. The topological polar surface area (TPSA) is 17.1 Å². The molecule has 0 aromatic rings. The summed E-state index contributed by atoms with van der Waals surface area (Å²) >= 11 is 0. The van der Waals surface area contributed by atoms with Crippen molar-refractivity contribution in [1.29, 1.82) is 0 Å². The van der Waals surface area contributed by atoms with Crippen LogP contribution >= 0.6 is 0 Å². The van der Waals surface area contributed by atoms with Crippen LogP contribution in [0.5, 0.6) is 0 Å². The minimum Gasteiger partial charge on any atom is -0.298 e. The highest BCUT2D eigenvalue weighted by Gasteiger charge is 2.74. The second kappa shape index (κ2) is 4.49. The summed E-state index contributed by atoms with van der Waals surface area (Å²) in [5.74, 6) is 7.27. The third-order valence-corrected chi connectivity index (χ3v) is 10.3. The number of ketones is 1. The van der Waals surface area contributed by atoms with Crippen LogP contribution < -0.4 is 0 Å². The highest BCUT2D eigenvalue weighted by molar-refractivity contribution is 5.90. The van der Waals surface area contributed by atoms with Gasteiger partial charge in [0.2, 0.25) is 0 Å². The fourth-order valence-corrected chi connectivity index (χ4v) is 9.36. The van der Waals surface area contributed by atoms with Gasteiger partial charge in [-0.2, -0.15) is 0 Å². The number of Topliss-reactive ketones (excluding diaryl/α,β-unsaturated/α-hetero) is 1. The van der Waals surface area contributed by atoms with Crippen molar-refractivity contribution in [3.63, 3.8) is 0 Å². The molecular formula is C23H36O. The Morgan fingerprint density at radius 3 is 1.96 bits per heavy atom. The van der Waals surface area contributed by atoms with Crippen LogP contribution in [0.4, 0.5) is 0 Å². The number of rotatable bonds is 4. The molecule has 0 aliphatic heterocycles. The lowest BCUT2D eigenvalue weighted by molar-refractivity contribution is -0.287. The normalized spacial score (nSPS) is 51.5. The van der Waals surface area contributed by atoms with Gasteiger partial charge in [0.05, 0.1) is 0 Å². The summed E-state index contributed by atoms with van der Waals surface area (Å²) in [6.07, 6.45) is 9.83. The first-order valence-corrected chi connectivity index (χ1v) is 10.8. The van der Waals surface area contributed by atoms with Crippen molar-refractivity contribution in [1.82, 2.24) is 0 Å². The van der Waals surface area contributed by atoms with E-state index in [0.29, 0.717) is 11.2 Å². The molecule has 7 aliphatic carbocycles. The third kappa shape index (κ3) is 1.58. The second-order valence-corrected chi connectivity index (χ2v) is 11.6. The van der Waals surface area contributed by atoms with Crippen molar-refractivity contribution in [3.8, 4) is 0 Å². The zero-order valence-electron chi connectivity index (χ0n) is 16.4. The largest absolute Gasteiger partial charge is 0.298 e. The van der Waals surface area contributed by atoms with E-state index in [9.17, 15) is 4.79 Å². The molecular weight excluding hydrogens is 292 g/mol. The summed E-state index contributed by atoms with van der Waals surface area (Å²) in [7, 11) is 0. The second-order valence-electron chi connectivity index (χ2n) is 11.6. The first-order chi connectivity index (χ1) is 11.2. The van der Waals surface area contributed by atoms with E-state index < -0.39 is 0 Å². The number of hydrogen-bond donors (Lipinski definition) is 0. The van der Waals surface area contributed by atoms with Crippen molar-refractivity contribution in [2.45, 2.75) is 79.6 Å². The lowest BCUT2D eigenvalue weighted by Gasteiger charge is -2.77. The lowest BCUT2D eigenvalue weighted by Crippen LogP contribution is -2.72. The molecule has 8 bridgehead atoms. The van der Waals surface area contributed by atoms with Gasteiger partial charge < -0.3 is 0 Å². The van der Waals surface area contributed by atoms with Crippen LogP contribution in [0.15, 0.2) is 0 Å². The molecule has 7 saturated carbocycles. The van der Waals surface area contributed by atoms with E-state index in [2.05, 4.69) is 34.6 Å². The Labute approximate surface area is 148 Å². The standard InChI is InChI=1S/C23H36O/c1-6-21(2,3)20(24)22(4,5)23-12-14-8-16-15-7-13(10-18(16)23)11-19(23)17(15)9-14/h13-19H,6-12H2,1-5H3. The van der Waals surface area contributed by atoms with Gasteiger partial charge in [-0.25, -0.2) is 0 Å². The van der Waals surface area contributed by atoms with E-state index in [-0.39, 0.29) is 10.8 Å². The van der Waals surface area contributed by atoms with E-state index >= 15 is 0 Å². The van der Waals surface area contributed by atoms with Crippen LogP contribution in [-0.4, -0.2) is 5.78 Å². The van der Waals surface area contributed by atoms with E-state index in [1.54, 1.807) is 6.42 Å². The highest BCUT2D eigenvalue weighted by atomic mass is 16.1. The van der Waals surface area contributed by atoms with E-state index in [1.165, 1.54) is 32.1 Å². The van der Waals surface area contributed by atoms with Crippen molar-refractivity contribution in [2.24, 2.45) is 57.7 Å². The maximum atomic E-state index is 13.8. The van der Waals surface area contributed by atoms with Crippen molar-refractivity contribution in [2.75, 3.05) is 0 Å². The molecule has 1 nitrogen and oxygen atoms in total. The van der Waals surface area contributed by atoms with Gasteiger partial charge in [0, 0.05) is 10.8 Å². The molecule has 0 amide bonds. The van der Waals surface area contributed by atoms with Crippen molar-refractivity contribution < 1.29 is 4.79 Å². The summed E-state index contributed by atoms with van der Waals surface area (Å²) in [5, 5.41) is 0. The summed E-state index contributed by atoms with van der Waals surface area (Å²) in [5.41, 5.74) is 0.0508. The van der Waals surface area contributed by atoms with E-state index in [0.717, 1.165) is 47.8 Å². The number of carbonyl (C=O) groups is 1. The van der Waals surface area contributed by atoms with Gasteiger partial charge in [-0.05, 0) is 91.8 Å². The summed E-state index contributed by atoms with van der Waals surface area (Å²) in [4.78, 5) is 13.8. The average Bonchev–Trinajstić information content (AvgIpc) is 2.57. The SMILES string of the molecule is CCC(C)(C)C(=O)C(C)(C)C12CC3CC4C5CC(CC41)CC2C5C3. The molecule has 7 rings (SSSR count). The molecule has 0 heterocycles. The van der Waals surface area contributed by atoms with Crippen LogP contribution in [-0.2, 0) is 4.79 Å². The quantitative estimate of drug-likeness (QED) is 0.644. The molecule has 4 unspecified atom stereocenters. The molecule has 1 heteroatoms. The Morgan fingerprint density at radius 1 is 0.875 bits per heavy atom. The Balaban J connectivity index is 1.63. The Bertz CT molecular complexity index is 561. The molecule has 0 N–H and O–H groups in total. The smallest absolute Gasteiger partial charge is 0.144 e. The highest BCUT2D eigenvalue weighted by Crippen LogP contribution is 2.79. The fraction of sp³-hybridized carbons (Fsp3) is 0.957. The van der Waals surface area contributed by atoms with Gasteiger partial charge in [-0.15, -0.1) is 0 Å². The van der Waals surface area contributed by atoms with Crippen LogP contribution in [0, 0.1) is 57.7 Å². The molecule has 4 atom stereocenters. The Kier molecular flexibility index (Phi) is 2.98. The van der Waals surface area contributed by atoms with Gasteiger partial charge in [-0.1, -0.05) is 34.6 Å².